The van der Waals surface area contributed by atoms with E-state index in [0.717, 1.165) is 6.92 Å². The molecule has 2 heterocycles. The van der Waals surface area contributed by atoms with E-state index in [4.69, 9.17) is 0 Å². The number of carbonyl (C=O) groups excluding carboxylic acids is 1. The van der Waals surface area contributed by atoms with Gasteiger partial charge in [-0.3, -0.25) is 4.68 Å². The predicted molar refractivity (Wildman–Crippen MR) is 55.7 cm³/mol. The summed E-state index contributed by atoms with van der Waals surface area (Å²) >= 11 is 0. The Kier molecular flexibility index (Phi) is 3.27. The molecule has 0 saturated carbocycles. The average Bonchev–Trinajstić information content (AvgIpc) is 2.71. The van der Waals surface area contributed by atoms with Gasteiger partial charge in [0.25, 0.3) is 5.79 Å². The highest BCUT2D eigenvalue weighted by Gasteiger charge is 2.46. The van der Waals surface area contributed by atoms with Crippen LogP contribution in [0, 0.1) is 0 Å². The molecule has 0 fully saturated rings. The molecule has 1 unspecified atom stereocenters. The Hall–Kier alpha value is -1.61. The smallest absolute Gasteiger partial charge is 0.421 e. The van der Waals surface area contributed by atoms with Crippen LogP contribution in [-0.4, -0.2) is 33.6 Å². The van der Waals surface area contributed by atoms with E-state index in [1.807, 2.05) is 0 Å². The summed E-state index contributed by atoms with van der Waals surface area (Å²) in [6.45, 7) is 2.62. The standard InChI is InChI=1S/C10H12F3N3O3/c1-9(18,19-8(17)10(11,12)13)7-4-6-5-14-2-3-16(6)15-7/h4,14,18H,2-3,5H2,1H3. The number of alkyl halides is 3. The van der Waals surface area contributed by atoms with Gasteiger partial charge >= 0.3 is 12.1 Å². The first-order valence-electron chi connectivity index (χ1n) is 5.50. The molecule has 1 aromatic heterocycles. The zero-order valence-corrected chi connectivity index (χ0v) is 9.99. The van der Waals surface area contributed by atoms with Crippen molar-refractivity contribution in [3.8, 4) is 0 Å². The van der Waals surface area contributed by atoms with Crippen LogP contribution in [-0.2, 0) is 28.4 Å². The highest BCUT2D eigenvalue weighted by Crippen LogP contribution is 2.27. The number of esters is 1. The zero-order valence-electron chi connectivity index (χ0n) is 9.99. The summed E-state index contributed by atoms with van der Waals surface area (Å²) in [7, 11) is 0. The van der Waals surface area contributed by atoms with Crippen molar-refractivity contribution >= 4 is 5.97 Å². The van der Waals surface area contributed by atoms with Gasteiger partial charge in [-0.15, -0.1) is 0 Å². The Bertz CT molecular complexity index is 472. The van der Waals surface area contributed by atoms with Crippen molar-refractivity contribution in [2.24, 2.45) is 0 Å². The molecule has 9 heteroatoms. The zero-order chi connectivity index (χ0) is 14.3. The molecule has 1 aliphatic heterocycles. The number of hydrogen-bond donors (Lipinski definition) is 2. The third kappa shape index (κ3) is 2.87. The van der Waals surface area contributed by atoms with Crippen molar-refractivity contribution in [3.63, 3.8) is 0 Å². The number of rotatable bonds is 2. The van der Waals surface area contributed by atoms with Crippen LogP contribution in [0.5, 0.6) is 0 Å². The molecule has 0 saturated heterocycles. The molecule has 2 N–H and O–H groups in total. The Morgan fingerprint density at radius 3 is 2.84 bits per heavy atom. The van der Waals surface area contributed by atoms with E-state index in [9.17, 15) is 23.1 Å². The number of hydrogen-bond acceptors (Lipinski definition) is 5. The van der Waals surface area contributed by atoms with Crippen molar-refractivity contribution < 1.29 is 27.8 Å². The minimum absolute atomic E-state index is 0.135. The molecule has 0 bridgehead atoms. The second-order valence-corrected chi connectivity index (χ2v) is 4.29. The Morgan fingerprint density at radius 1 is 1.58 bits per heavy atom. The Balaban J connectivity index is 2.19. The van der Waals surface area contributed by atoms with Crippen LogP contribution in [0.2, 0.25) is 0 Å². The van der Waals surface area contributed by atoms with Crippen molar-refractivity contribution in [2.75, 3.05) is 6.54 Å². The van der Waals surface area contributed by atoms with E-state index in [0.29, 0.717) is 25.3 Å². The van der Waals surface area contributed by atoms with Crippen LogP contribution < -0.4 is 5.32 Å². The van der Waals surface area contributed by atoms with E-state index in [1.165, 1.54) is 6.07 Å². The van der Waals surface area contributed by atoms with Gasteiger partial charge in [0.2, 0.25) is 0 Å². The maximum absolute atomic E-state index is 12.1. The first kappa shape index (κ1) is 13.8. The lowest BCUT2D eigenvalue weighted by molar-refractivity contribution is -0.248. The monoisotopic (exact) mass is 279 g/mol. The molecular weight excluding hydrogens is 267 g/mol. The van der Waals surface area contributed by atoms with Gasteiger partial charge in [-0.05, 0) is 6.07 Å². The van der Waals surface area contributed by atoms with Gasteiger partial charge < -0.3 is 15.2 Å². The first-order valence-corrected chi connectivity index (χ1v) is 5.50. The third-order valence-corrected chi connectivity index (χ3v) is 2.67. The number of carbonyl (C=O) groups is 1. The lowest BCUT2D eigenvalue weighted by atomic mass is 10.2. The van der Waals surface area contributed by atoms with Crippen LogP contribution in [0.25, 0.3) is 0 Å². The largest absolute Gasteiger partial charge is 0.491 e. The number of ether oxygens (including phenoxy) is 1. The van der Waals surface area contributed by atoms with E-state index in [1.54, 1.807) is 4.68 Å². The molecular formula is C10H12F3N3O3. The molecule has 0 amide bonds. The second kappa shape index (κ2) is 4.49. The summed E-state index contributed by atoms with van der Waals surface area (Å²) in [5, 5.41) is 16.8. The van der Waals surface area contributed by atoms with E-state index < -0.39 is 17.9 Å². The molecule has 0 spiro atoms. The van der Waals surface area contributed by atoms with Gasteiger partial charge in [-0.25, -0.2) is 4.79 Å². The number of nitrogens with one attached hydrogen (secondary N) is 1. The van der Waals surface area contributed by atoms with Crippen molar-refractivity contribution in [2.45, 2.75) is 32.0 Å². The maximum Gasteiger partial charge on any atom is 0.491 e. The number of nitrogens with zero attached hydrogens (tertiary/aromatic N) is 2. The van der Waals surface area contributed by atoms with Crippen molar-refractivity contribution in [1.82, 2.24) is 15.1 Å². The van der Waals surface area contributed by atoms with Crippen LogP contribution in [0.3, 0.4) is 0 Å². The molecule has 1 aliphatic rings. The van der Waals surface area contributed by atoms with E-state index >= 15 is 0 Å². The molecule has 1 aromatic rings. The van der Waals surface area contributed by atoms with Gasteiger partial charge in [0.15, 0.2) is 0 Å². The second-order valence-electron chi connectivity index (χ2n) is 4.29. The highest BCUT2D eigenvalue weighted by atomic mass is 19.4. The van der Waals surface area contributed by atoms with E-state index in [2.05, 4.69) is 15.2 Å². The first-order chi connectivity index (χ1) is 8.70. The lowest BCUT2D eigenvalue weighted by Crippen LogP contribution is -2.36. The van der Waals surface area contributed by atoms with E-state index in [-0.39, 0.29) is 5.69 Å². The third-order valence-electron chi connectivity index (χ3n) is 2.67. The van der Waals surface area contributed by atoms with Gasteiger partial charge in [0.1, 0.15) is 5.69 Å². The number of halogens is 3. The fourth-order valence-corrected chi connectivity index (χ4v) is 1.71. The van der Waals surface area contributed by atoms with Crippen LogP contribution in [0.4, 0.5) is 13.2 Å². The molecule has 0 aromatic carbocycles. The predicted octanol–water partition coefficient (Wildman–Crippen LogP) is 0.257. The molecule has 106 valence electrons. The van der Waals surface area contributed by atoms with Crippen LogP contribution in [0.15, 0.2) is 6.07 Å². The number of aliphatic hydroxyl groups is 1. The topological polar surface area (TPSA) is 76.4 Å². The van der Waals surface area contributed by atoms with Gasteiger partial charge in [-0.2, -0.15) is 18.3 Å². The summed E-state index contributed by atoms with van der Waals surface area (Å²) in [6, 6.07) is 1.40. The highest BCUT2D eigenvalue weighted by molar-refractivity contribution is 5.76. The average molecular weight is 279 g/mol. The summed E-state index contributed by atoms with van der Waals surface area (Å²) in [6.07, 6.45) is -5.16. The maximum atomic E-state index is 12.1. The fourth-order valence-electron chi connectivity index (χ4n) is 1.71. The summed E-state index contributed by atoms with van der Waals surface area (Å²) in [5.74, 6) is -4.88. The SMILES string of the molecule is CC(O)(OC(=O)C(F)(F)F)c1cc2n(n1)CCNC2. The molecule has 6 nitrogen and oxygen atoms in total. The Morgan fingerprint density at radius 2 is 2.26 bits per heavy atom. The molecule has 0 aliphatic carbocycles. The van der Waals surface area contributed by atoms with Crippen LogP contribution in [0.1, 0.15) is 18.3 Å². The van der Waals surface area contributed by atoms with Gasteiger partial charge in [0.05, 0.1) is 12.2 Å². The minimum Gasteiger partial charge on any atom is -0.421 e. The molecule has 2 rings (SSSR count). The van der Waals surface area contributed by atoms with Crippen molar-refractivity contribution in [1.29, 1.82) is 0 Å². The molecule has 1 atom stereocenters. The molecule has 19 heavy (non-hydrogen) atoms. The summed E-state index contributed by atoms with van der Waals surface area (Å²) < 4.78 is 41.9. The summed E-state index contributed by atoms with van der Waals surface area (Å²) in [4.78, 5) is 10.7. The van der Waals surface area contributed by atoms with Crippen molar-refractivity contribution in [3.05, 3.63) is 17.5 Å². The van der Waals surface area contributed by atoms with Gasteiger partial charge in [-0.1, -0.05) is 0 Å². The molecule has 0 radical (unpaired) electrons. The Labute approximate surface area is 106 Å². The summed E-state index contributed by atoms with van der Waals surface area (Å²) in [5.41, 5.74) is 0.563. The number of aromatic nitrogens is 2. The number of fused-ring (bicyclic) bond motifs is 1. The minimum atomic E-state index is -5.16. The quantitative estimate of drug-likeness (QED) is 0.600. The fraction of sp³-hybridized carbons (Fsp3) is 0.600. The lowest BCUT2D eigenvalue weighted by Gasteiger charge is -2.21. The normalized spacial score (nSPS) is 18.6. The van der Waals surface area contributed by atoms with Crippen LogP contribution >= 0.6 is 0 Å². The van der Waals surface area contributed by atoms with Gasteiger partial charge in [0, 0.05) is 20.0 Å².